The molecule has 0 heterocycles. The van der Waals surface area contributed by atoms with Crippen LogP contribution in [-0.2, 0) is 0 Å². The molecule has 0 radical (unpaired) electrons. The van der Waals surface area contributed by atoms with E-state index in [-0.39, 0.29) is 11.4 Å². The van der Waals surface area contributed by atoms with Crippen LogP contribution in [0, 0.1) is 32.1 Å². The molecule has 0 saturated carbocycles. The fourth-order valence-corrected chi connectivity index (χ4v) is 2.21. The van der Waals surface area contributed by atoms with Gasteiger partial charge in [-0.15, -0.1) is 0 Å². The van der Waals surface area contributed by atoms with Crippen LogP contribution in [0.3, 0.4) is 0 Å². The highest BCUT2D eigenvalue weighted by atomic mass is 16.6. The Bertz CT molecular complexity index is 656. The first-order valence-electron chi connectivity index (χ1n) is 8.20. The molecule has 1 aromatic rings. The molecule has 0 aliphatic carbocycles. The molecule has 0 unspecified atom stereocenters. The van der Waals surface area contributed by atoms with Gasteiger partial charge in [-0.05, 0) is 30.4 Å². The number of nitrogens with one attached hydrogen (secondary N) is 1. The quantitative estimate of drug-likeness (QED) is 0.366. The number of nitrogens with zero attached hydrogens (tertiary/aromatic N) is 3. The fraction of sp³-hybridized carbons (Fsp3) is 0.471. The molecular formula is C17H24N4O4. The Hall–Kier alpha value is -2.77. The summed E-state index contributed by atoms with van der Waals surface area (Å²) in [5.74, 6) is 1.14. The first-order chi connectivity index (χ1) is 11.8. The van der Waals surface area contributed by atoms with Gasteiger partial charge in [0.1, 0.15) is 5.69 Å². The van der Waals surface area contributed by atoms with Gasteiger partial charge in [-0.25, -0.2) is 0 Å². The summed E-state index contributed by atoms with van der Waals surface area (Å²) in [6.07, 6.45) is 8.79. The minimum Gasteiger partial charge on any atom is -0.272 e. The molecule has 0 bridgehead atoms. The van der Waals surface area contributed by atoms with E-state index in [9.17, 15) is 20.2 Å². The second kappa shape index (κ2) is 10.2. The molecule has 25 heavy (non-hydrogen) atoms. The zero-order valence-electron chi connectivity index (χ0n) is 14.7. The van der Waals surface area contributed by atoms with Crippen LogP contribution in [-0.4, -0.2) is 16.1 Å². The van der Waals surface area contributed by atoms with E-state index in [1.165, 1.54) is 31.2 Å². The van der Waals surface area contributed by atoms with Crippen LogP contribution in [0.2, 0.25) is 0 Å². The van der Waals surface area contributed by atoms with Crippen LogP contribution in [0.4, 0.5) is 17.1 Å². The van der Waals surface area contributed by atoms with E-state index in [1.807, 2.05) is 6.08 Å². The average molecular weight is 348 g/mol. The second-order valence-electron chi connectivity index (χ2n) is 6.29. The van der Waals surface area contributed by atoms with Crippen LogP contribution in [0.5, 0.6) is 0 Å². The maximum Gasteiger partial charge on any atom is 0.301 e. The van der Waals surface area contributed by atoms with Gasteiger partial charge < -0.3 is 0 Å². The first-order valence-corrected chi connectivity index (χ1v) is 8.20. The van der Waals surface area contributed by atoms with Crippen molar-refractivity contribution in [2.24, 2.45) is 16.9 Å². The van der Waals surface area contributed by atoms with Crippen molar-refractivity contribution >= 4 is 23.3 Å². The zero-order valence-corrected chi connectivity index (χ0v) is 14.7. The molecule has 1 aromatic carbocycles. The lowest BCUT2D eigenvalue weighted by Gasteiger charge is -2.07. The van der Waals surface area contributed by atoms with Crippen molar-refractivity contribution in [3.05, 3.63) is 50.6 Å². The third-order valence-corrected chi connectivity index (χ3v) is 3.62. The number of hydrogen-bond donors (Lipinski definition) is 1. The summed E-state index contributed by atoms with van der Waals surface area (Å²) in [5.41, 5.74) is 1.92. The minimum absolute atomic E-state index is 0.102. The fourth-order valence-electron chi connectivity index (χ4n) is 2.21. The molecule has 0 aliphatic heterocycles. The van der Waals surface area contributed by atoms with E-state index in [1.54, 1.807) is 6.08 Å². The van der Waals surface area contributed by atoms with Crippen molar-refractivity contribution in [1.82, 2.24) is 0 Å². The molecule has 0 aliphatic rings. The number of non-ortho nitro benzene ring substituents is 1. The summed E-state index contributed by atoms with van der Waals surface area (Å²) in [6.45, 7) is 6.53. The Morgan fingerprint density at radius 1 is 1.16 bits per heavy atom. The van der Waals surface area contributed by atoms with E-state index >= 15 is 0 Å². The number of benzene rings is 1. The Morgan fingerprint density at radius 2 is 1.88 bits per heavy atom. The summed E-state index contributed by atoms with van der Waals surface area (Å²) in [4.78, 5) is 20.3. The molecule has 1 atom stereocenters. The van der Waals surface area contributed by atoms with Crippen LogP contribution < -0.4 is 5.43 Å². The number of hydrazone groups is 1. The predicted octanol–water partition coefficient (Wildman–Crippen LogP) is 4.92. The topological polar surface area (TPSA) is 111 Å². The number of rotatable bonds is 10. The van der Waals surface area contributed by atoms with Crippen molar-refractivity contribution in [1.29, 1.82) is 0 Å². The molecule has 0 saturated heterocycles. The molecular weight excluding hydrogens is 324 g/mol. The molecule has 0 amide bonds. The van der Waals surface area contributed by atoms with E-state index in [0.717, 1.165) is 12.5 Å². The van der Waals surface area contributed by atoms with Gasteiger partial charge in [0.05, 0.1) is 15.9 Å². The smallest absolute Gasteiger partial charge is 0.272 e. The average Bonchev–Trinajstić information content (AvgIpc) is 2.53. The first kappa shape index (κ1) is 20.3. The standard InChI is InChI=1S/C17H24N4O4/c1-13(2)6-4-7-14(3)8-5-11-18-19-16-10-9-15(20(22)23)12-17(16)21(24)25/h5,8-14,19H,4,6-7H2,1-3H3/b8-5+,18-11+/t14-/m1/s1. The normalized spacial score (nSPS) is 12.8. The van der Waals surface area contributed by atoms with E-state index in [0.29, 0.717) is 11.8 Å². The molecule has 0 aromatic heterocycles. The molecule has 8 nitrogen and oxygen atoms in total. The second-order valence-corrected chi connectivity index (χ2v) is 6.29. The van der Waals surface area contributed by atoms with Crippen molar-refractivity contribution in [2.45, 2.75) is 40.0 Å². The Morgan fingerprint density at radius 3 is 2.48 bits per heavy atom. The van der Waals surface area contributed by atoms with Crippen LogP contribution >= 0.6 is 0 Å². The number of nitro groups is 2. The zero-order chi connectivity index (χ0) is 18.8. The van der Waals surface area contributed by atoms with Crippen molar-refractivity contribution < 1.29 is 9.85 Å². The predicted molar refractivity (Wildman–Crippen MR) is 98.9 cm³/mol. The van der Waals surface area contributed by atoms with Crippen LogP contribution in [0.1, 0.15) is 40.0 Å². The number of nitro benzene ring substituents is 2. The minimum atomic E-state index is -0.683. The number of hydrogen-bond acceptors (Lipinski definition) is 6. The SMILES string of the molecule is CC(C)CCC[C@@H](C)/C=C/C=N/Nc1ccc([N+](=O)[O-])cc1[N+](=O)[O-]. The van der Waals surface area contributed by atoms with Crippen molar-refractivity contribution in [3.8, 4) is 0 Å². The Balaban J connectivity index is 2.59. The Kier molecular flexibility index (Phi) is 8.25. The molecule has 1 rings (SSSR count). The van der Waals surface area contributed by atoms with Gasteiger partial charge in [0.15, 0.2) is 0 Å². The lowest BCUT2D eigenvalue weighted by atomic mass is 9.99. The van der Waals surface area contributed by atoms with Gasteiger partial charge in [-0.2, -0.15) is 5.10 Å². The monoisotopic (exact) mass is 348 g/mol. The molecule has 0 fully saturated rings. The number of allylic oxidation sites excluding steroid dienone is 2. The summed E-state index contributed by atoms with van der Waals surface area (Å²) in [6, 6.07) is 3.37. The summed E-state index contributed by atoms with van der Waals surface area (Å²) in [5, 5.41) is 25.6. The lowest BCUT2D eigenvalue weighted by Crippen LogP contribution is -1.98. The van der Waals surface area contributed by atoms with Gasteiger partial charge in [-0.1, -0.05) is 39.7 Å². The molecule has 8 heteroatoms. The van der Waals surface area contributed by atoms with E-state index in [2.05, 4.69) is 31.3 Å². The highest BCUT2D eigenvalue weighted by molar-refractivity contribution is 5.73. The van der Waals surface area contributed by atoms with Gasteiger partial charge in [0.25, 0.3) is 5.69 Å². The van der Waals surface area contributed by atoms with Gasteiger partial charge in [-0.3, -0.25) is 25.7 Å². The van der Waals surface area contributed by atoms with Crippen LogP contribution in [0.25, 0.3) is 0 Å². The Labute approximate surface area is 146 Å². The largest absolute Gasteiger partial charge is 0.301 e. The van der Waals surface area contributed by atoms with E-state index < -0.39 is 15.5 Å². The highest BCUT2D eigenvalue weighted by Gasteiger charge is 2.18. The maximum atomic E-state index is 11.0. The van der Waals surface area contributed by atoms with Gasteiger partial charge >= 0.3 is 5.69 Å². The third kappa shape index (κ3) is 7.56. The van der Waals surface area contributed by atoms with E-state index in [4.69, 9.17) is 0 Å². The van der Waals surface area contributed by atoms with Gasteiger partial charge in [0, 0.05) is 12.3 Å². The summed E-state index contributed by atoms with van der Waals surface area (Å²) < 4.78 is 0. The van der Waals surface area contributed by atoms with Crippen LogP contribution in [0.15, 0.2) is 35.5 Å². The molecule has 0 spiro atoms. The summed E-state index contributed by atoms with van der Waals surface area (Å²) >= 11 is 0. The molecule has 136 valence electrons. The number of anilines is 1. The van der Waals surface area contributed by atoms with Gasteiger partial charge in [0.2, 0.25) is 0 Å². The lowest BCUT2D eigenvalue weighted by molar-refractivity contribution is -0.393. The maximum absolute atomic E-state index is 11.0. The third-order valence-electron chi connectivity index (χ3n) is 3.62. The summed E-state index contributed by atoms with van der Waals surface area (Å²) in [7, 11) is 0. The highest BCUT2D eigenvalue weighted by Crippen LogP contribution is 2.28. The molecule has 1 N–H and O–H groups in total. The van der Waals surface area contributed by atoms with Crippen molar-refractivity contribution in [3.63, 3.8) is 0 Å². The van der Waals surface area contributed by atoms with Crippen molar-refractivity contribution in [2.75, 3.05) is 5.43 Å².